The SMILES string of the molecule is CCCc1cc(Cl)ccc1C1COc2ccc(C(O)C(=O)OC)cc2N(CC2CCC2C(/C=C/CCN(C)C(C)=O)OCCN2CC(F)(F)C2)C1. The number of alkyl halides is 2. The second kappa shape index (κ2) is 17.5. The van der Waals surface area contributed by atoms with Gasteiger partial charge in [-0.05, 0) is 78.5 Å². The fourth-order valence-electron chi connectivity index (χ4n) is 7.35. The maximum atomic E-state index is 13.5. The van der Waals surface area contributed by atoms with Crippen LogP contribution in [0, 0.1) is 11.8 Å². The van der Waals surface area contributed by atoms with Crippen molar-refractivity contribution in [3.8, 4) is 5.75 Å². The predicted octanol–water partition coefficient (Wildman–Crippen LogP) is 6.27. The molecule has 51 heavy (non-hydrogen) atoms. The quantitative estimate of drug-likeness (QED) is 0.160. The smallest absolute Gasteiger partial charge is 0.339 e. The summed E-state index contributed by atoms with van der Waals surface area (Å²) < 4.78 is 44.6. The summed E-state index contributed by atoms with van der Waals surface area (Å²) in [6.45, 7) is 6.37. The van der Waals surface area contributed by atoms with Crippen LogP contribution in [0.3, 0.4) is 0 Å². The highest BCUT2D eigenvalue weighted by Crippen LogP contribution is 2.43. The number of likely N-dealkylation sites (tertiary alicyclic amines) is 1. The van der Waals surface area contributed by atoms with Crippen LogP contribution in [-0.4, -0.2) is 105 Å². The van der Waals surface area contributed by atoms with Gasteiger partial charge in [-0.1, -0.05) is 49.2 Å². The molecular weight excluding hydrogens is 680 g/mol. The summed E-state index contributed by atoms with van der Waals surface area (Å²) in [5, 5.41) is 11.5. The third kappa shape index (κ3) is 10.0. The number of aliphatic hydroxyl groups is 1. The second-order valence-electron chi connectivity index (χ2n) is 14.2. The summed E-state index contributed by atoms with van der Waals surface area (Å²) in [4.78, 5) is 29.7. The van der Waals surface area contributed by atoms with Gasteiger partial charge in [-0.2, -0.15) is 0 Å². The molecule has 1 saturated carbocycles. The lowest BCUT2D eigenvalue weighted by Crippen LogP contribution is -2.57. The first-order valence-corrected chi connectivity index (χ1v) is 18.4. The molecule has 2 heterocycles. The Morgan fingerprint density at radius 2 is 1.98 bits per heavy atom. The number of hydrogen-bond acceptors (Lipinski definition) is 8. The van der Waals surface area contributed by atoms with E-state index in [0.717, 1.165) is 31.4 Å². The van der Waals surface area contributed by atoms with E-state index in [2.05, 4.69) is 30.0 Å². The molecule has 0 aromatic heterocycles. The number of halogens is 3. The molecule has 0 spiro atoms. The van der Waals surface area contributed by atoms with Crippen LogP contribution in [0.25, 0.3) is 0 Å². The van der Waals surface area contributed by atoms with E-state index in [1.54, 1.807) is 29.8 Å². The minimum atomic E-state index is -2.62. The highest BCUT2D eigenvalue weighted by molar-refractivity contribution is 6.30. The monoisotopic (exact) mass is 731 g/mol. The number of ether oxygens (including phenoxy) is 3. The van der Waals surface area contributed by atoms with E-state index < -0.39 is 18.0 Å². The Hall–Kier alpha value is -3.25. The third-order valence-corrected chi connectivity index (χ3v) is 10.7. The molecule has 12 heteroatoms. The first-order chi connectivity index (χ1) is 24.4. The van der Waals surface area contributed by atoms with Crippen molar-refractivity contribution in [1.29, 1.82) is 0 Å². The number of carbonyl (C=O) groups is 2. The normalized spacial score (nSPS) is 22.6. The molecule has 3 aliphatic rings. The van der Waals surface area contributed by atoms with Crippen LogP contribution >= 0.6 is 11.6 Å². The number of methoxy groups -OCH3 is 1. The van der Waals surface area contributed by atoms with E-state index in [9.17, 15) is 23.5 Å². The summed E-state index contributed by atoms with van der Waals surface area (Å²) in [6, 6.07) is 11.4. The molecule has 2 fully saturated rings. The molecular formula is C39H52ClF2N3O6. The molecule has 9 nitrogen and oxygen atoms in total. The van der Waals surface area contributed by atoms with Crippen molar-refractivity contribution in [3.63, 3.8) is 0 Å². The number of carbonyl (C=O) groups excluding carboxylic acids is 2. The van der Waals surface area contributed by atoms with Crippen LogP contribution < -0.4 is 9.64 Å². The van der Waals surface area contributed by atoms with Gasteiger partial charge >= 0.3 is 5.97 Å². The number of benzene rings is 2. The van der Waals surface area contributed by atoms with Gasteiger partial charge < -0.3 is 29.1 Å². The lowest BCUT2D eigenvalue weighted by molar-refractivity contribution is -0.150. The fourth-order valence-corrected chi connectivity index (χ4v) is 7.54. The van der Waals surface area contributed by atoms with Crippen LogP contribution in [0.5, 0.6) is 5.75 Å². The Kier molecular flexibility index (Phi) is 13.4. The van der Waals surface area contributed by atoms with Gasteiger partial charge in [0.25, 0.3) is 5.92 Å². The topological polar surface area (TPSA) is 91.8 Å². The zero-order valence-electron chi connectivity index (χ0n) is 30.2. The number of hydrogen-bond donors (Lipinski definition) is 1. The average molecular weight is 732 g/mol. The number of nitrogens with zero attached hydrogens (tertiary/aromatic N) is 3. The Morgan fingerprint density at radius 3 is 2.65 bits per heavy atom. The number of amides is 1. The third-order valence-electron chi connectivity index (χ3n) is 10.5. The Balaban J connectivity index is 1.39. The Morgan fingerprint density at radius 1 is 1.20 bits per heavy atom. The minimum absolute atomic E-state index is 0.00398. The molecule has 5 rings (SSSR count). The van der Waals surface area contributed by atoms with Crippen molar-refractivity contribution in [2.24, 2.45) is 11.8 Å². The van der Waals surface area contributed by atoms with Crippen LogP contribution in [-0.2, 0) is 25.5 Å². The number of aliphatic hydroxyl groups excluding tert-OH is 1. The fraction of sp³-hybridized carbons (Fsp3) is 0.590. The maximum absolute atomic E-state index is 13.5. The second-order valence-corrected chi connectivity index (χ2v) is 14.7. The maximum Gasteiger partial charge on any atom is 0.339 e. The molecule has 280 valence electrons. The highest BCUT2D eigenvalue weighted by atomic mass is 35.5. The Bertz CT molecular complexity index is 1530. The molecule has 5 unspecified atom stereocenters. The van der Waals surface area contributed by atoms with Gasteiger partial charge in [0.2, 0.25) is 5.91 Å². The van der Waals surface area contributed by atoms with E-state index in [-0.39, 0.29) is 42.9 Å². The average Bonchev–Trinajstić information content (AvgIpc) is 3.25. The number of aryl methyl sites for hydroxylation is 1. The number of rotatable bonds is 16. The van der Waals surface area contributed by atoms with Gasteiger partial charge in [-0.25, -0.2) is 13.6 Å². The van der Waals surface area contributed by atoms with Gasteiger partial charge in [0.15, 0.2) is 6.10 Å². The van der Waals surface area contributed by atoms with Crippen molar-refractivity contribution in [3.05, 3.63) is 70.3 Å². The van der Waals surface area contributed by atoms with Crippen LogP contribution in [0.1, 0.15) is 68.2 Å². The minimum Gasteiger partial charge on any atom is -0.491 e. The van der Waals surface area contributed by atoms with Gasteiger partial charge in [-0.3, -0.25) is 9.69 Å². The molecule has 1 saturated heterocycles. The van der Waals surface area contributed by atoms with Gasteiger partial charge in [-0.15, -0.1) is 0 Å². The number of fused-ring (bicyclic) bond motifs is 1. The number of anilines is 1. The highest BCUT2D eigenvalue weighted by Gasteiger charge is 2.44. The molecule has 1 amide bonds. The van der Waals surface area contributed by atoms with Crippen LogP contribution in [0.4, 0.5) is 14.5 Å². The molecule has 2 aliphatic heterocycles. The largest absolute Gasteiger partial charge is 0.491 e. The standard InChI is InChI=1S/C39H52ClF2N3O6/c1-5-8-27-19-31(40)12-14-32(27)30-22-45(34-20-28(37(47)38(48)49-4)11-15-36(34)51-23-30)21-29-10-13-33(29)35(9-6-7-16-43(3)26(2)46)50-18-17-44-24-39(41,42)25-44/h6,9,11-12,14-15,19-20,29-30,33,35,37,47H,5,7-8,10,13,16-18,21-25H2,1-4H3/b9-6+. The zero-order chi connectivity index (χ0) is 36.7. The van der Waals surface area contributed by atoms with Crippen molar-refractivity contribution in [2.45, 2.75) is 70.0 Å². The van der Waals surface area contributed by atoms with Crippen LogP contribution in [0.15, 0.2) is 48.6 Å². The van der Waals surface area contributed by atoms with Crippen LogP contribution in [0.2, 0.25) is 5.02 Å². The summed E-state index contributed by atoms with van der Waals surface area (Å²) in [5.74, 6) is -2.22. The summed E-state index contributed by atoms with van der Waals surface area (Å²) in [5.41, 5.74) is 3.61. The van der Waals surface area contributed by atoms with E-state index in [0.29, 0.717) is 62.1 Å². The zero-order valence-corrected chi connectivity index (χ0v) is 30.9. The van der Waals surface area contributed by atoms with Crippen molar-refractivity contribution < 1.29 is 37.7 Å². The van der Waals surface area contributed by atoms with E-state index in [1.807, 2.05) is 24.3 Å². The van der Waals surface area contributed by atoms with Crippen molar-refractivity contribution in [1.82, 2.24) is 9.80 Å². The summed E-state index contributed by atoms with van der Waals surface area (Å²) in [7, 11) is 3.02. The lowest BCUT2D eigenvalue weighted by Gasteiger charge is -2.44. The van der Waals surface area contributed by atoms with Gasteiger partial charge in [0, 0.05) is 51.1 Å². The van der Waals surface area contributed by atoms with E-state index in [1.165, 1.54) is 18.2 Å². The molecule has 2 aromatic carbocycles. The summed E-state index contributed by atoms with van der Waals surface area (Å²) in [6.07, 6.45) is 6.96. The molecule has 1 aliphatic carbocycles. The van der Waals surface area contributed by atoms with Gasteiger partial charge in [0.1, 0.15) is 5.75 Å². The first-order valence-electron chi connectivity index (χ1n) is 18.0. The predicted molar refractivity (Wildman–Crippen MR) is 194 cm³/mol. The number of esters is 1. The van der Waals surface area contributed by atoms with Crippen molar-refractivity contribution >= 4 is 29.2 Å². The molecule has 5 atom stereocenters. The van der Waals surface area contributed by atoms with E-state index >= 15 is 0 Å². The first kappa shape index (κ1) is 39.0. The van der Waals surface area contributed by atoms with Gasteiger partial charge in [0.05, 0.1) is 45.2 Å². The van der Waals surface area contributed by atoms with E-state index in [4.69, 9.17) is 25.8 Å². The molecule has 2 aromatic rings. The van der Waals surface area contributed by atoms with Crippen molar-refractivity contribution in [2.75, 3.05) is 71.5 Å². The Labute approximate surface area is 305 Å². The molecule has 0 radical (unpaired) electrons. The molecule has 0 bridgehead atoms. The lowest BCUT2D eigenvalue weighted by atomic mass is 9.70. The summed E-state index contributed by atoms with van der Waals surface area (Å²) >= 11 is 6.43. The molecule has 1 N–H and O–H groups in total.